The number of halogens is 1. The number of aryl methyl sites for hydroxylation is 2. The molecule has 1 aliphatic carbocycles. The normalized spacial score (nSPS) is 20.3. The lowest BCUT2D eigenvalue weighted by Gasteiger charge is -2.37. The third-order valence-corrected chi connectivity index (χ3v) is 5.14. The third kappa shape index (κ3) is 3.42. The zero-order valence-corrected chi connectivity index (χ0v) is 15.2. The predicted octanol–water partition coefficient (Wildman–Crippen LogP) is 2.66. The number of amides is 1. The van der Waals surface area contributed by atoms with Crippen molar-refractivity contribution >= 4 is 16.8 Å². The summed E-state index contributed by atoms with van der Waals surface area (Å²) in [7, 11) is 1.83. The molecule has 0 spiro atoms. The third-order valence-electron chi connectivity index (χ3n) is 5.14. The van der Waals surface area contributed by atoms with Gasteiger partial charge in [0, 0.05) is 36.0 Å². The van der Waals surface area contributed by atoms with E-state index >= 15 is 0 Å². The number of rotatable bonds is 4. The summed E-state index contributed by atoms with van der Waals surface area (Å²) < 4.78 is 15.3. The van der Waals surface area contributed by atoms with Crippen molar-refractivity contribution < 1.29 is 14.3 Å². The Balaban J connectivity index is 1.68. The van der Waals surface area contributed by atoms with Crippen LogP contribution in [-0.2, 0) is 7.05 Å². The Bertz CT molecular complexity index is 1010. The van der Waals surface area contributed by atoms with Gasteiger partial charge in [-0.1, -0.05) is 0 Å². The van der Waals surface area contributed by atoms with E-state index in [2.05, 4.69) is 15.4 Å². The molecule has 0 saturated heterocycles. The molecule has 0 bridgehead atoms. The van der Waals surface area contributed by atoms with Crippen LogP contribution in [-0.4, -0.2) is 31.9 Å². The van der Waals surface area contributed by atoms with Gasteiger partial charge in [0.05, 0.1) is 29.4 Å². The molecule has 1 saturated carbocycles. The Hall–Kier alpha value is -2.80. The van der Waals surface area contributed by atoms with E-state index in [0.29, 0.717) is 35.0 Å². The van der Waals surface area contributed by atoms with E-state index in [1.807, 2.05) is 13.2 Å². The number of hydrogen-bond donors (Lipinski definition) is 2. The van der Waals surface area contributed by atoms with E-state index < -0.39 is 0 Å². The molecule has 1 fully saturated rings. The van der Waals surface area contributed by atoms with Gasteiger partial charge in [-0.3, -0.25) is 14.5 Å². The molecule has 2 aromatic heterocycles. The second-order valence-electron chi connectivity index (χ2n) is 7.26. The first-order valence-corrected chi connectivity index (χ1v) is 8.95. The minimum absolute atomic E-state index is 0.153. The van der Waals surface area contributed by atoms with Crippen LogP contribution < -0.4 is 5.32 Å². The van der Waals surface area contributed by atoms with Crippen molar-refractivity contribution in [3.05, 3.63) is 59.3 Å². The number of fused-ring (bicyclic) bond motifs is 1. The number of nitrogens with zero attached hydrogens (tertiary/aromatic N) is 3. The Kier molecular flexibility index (Phi) is 4.39. The van der Waals surface area contributed by atoms with Crippen LogP contribution in [0.5, 0.6) is 0 Å². The summed E-state index contributed by atoms with van der Waals surface area (Å²) in [6.45, 7) is 1.78. The molecule has 2 heterocycles. The van der Waals surface area contributed by atoms with Gasteiger partial charge in [0.2, 0.25) is 0 Å². The molecule has 2 N–H and O–H groups in total. The van der Waals surface area contributed by atoms with Crippen molar-refractivity contribution in [2.75, 3.05) is 0 Å². The molecule has 140 valence electrons. The Morgan fingerprint density at radius 2 is 2.15 bits per heavy atom. The lowest BCUT2D eigenvalue weighted by molar-refractivity contribution is 0.0235. The van der Waals surface area contributed by atoms with E-state index in [-0.39, 0.29) is 29.8 Å². The second-order valence-corrected chi connectivity index (χ2v) is 7.26. The van der Waals surface area contributed by atoms with Gasteiger partial charge in [0.1, 0.15) is 5.82 Å². The Morgan fingerprint density at radius 3 is 2.81 bits per heavy atom. The standard InChI is InChI=1S/C20H21FN4O2/c1-11-5-17(16-4-3-14(21)8-18(16)23-11)20(27)24-19(12-6-15(26)7-12)13-9-22-25(2)10-13/h3-5,8-10,12,15,19,26H,6-7H2,1-2H3,(H,24,27)/t12?,15?,19-/m0/s1. The maximum Gasteiger partial charge on any atom is 0.252 e. The summed E-state index contributed by atoms with van der Waals surface area (Å²) in [5.41, 5.74) is 2.47. The quantitative estimate of drug-likeness (QED) is 0.742. The van der Waals surface area contributed by atoms with E-state index in [4.69, 9.17) is 0 Å². The van der Waals surface area contributed by atoms with E-state index in [1.165, 1.54) is 12.1 Å². The van der Waals surface area contributed by atoms with Crippen molar-refractivity contribution in [1.29, 1.82) is 0 Å². The van der Waals surface area contributed by atoms with Gasteiger partial charge in [0.25, 0.3) is 5.91 Å². The van der Waals surface area contributed by atoms with Crippen LogP contribution in [0.4, 0.5) is 4.39 Å². The number of hydrogen-bond acceptors (Lipinski definition) is 4. The molecule has 6 nitrogen and oxygen atoms in total. The zero-order valence-electron chi connectivity index (χ0n) is 15.2. The van der Waals surface area contributed by atoms with Crippen LogP contribution in [0.25, 0.3) is 10.9 Å². The van der Waals surface area contributed by atoms with Crippen molar-refractivity contribution in [3.8, 4) is 0 Å². The fourth-order valence-corrected chi connectivity index (χ4v) is 3.72. The fraction of sp³-hybridized carbons (Fsp3) is 0.350. The van der Waals surface area contributed by atoms with Crippen molar-refractivity contribution in [2.45, 2.75) is 31.9 Å². The van der Waals surface area contributed by atoms with Gasteiger partial charge in [-0.05, 0) is 43.9 Å². The van der Waals surface area contributed by atoms with Crippen molar-refractivity contribution in [3.63, 3.8) is 0 Å². The molecule has 0 radical (unpaired) electrons. The average molecular weight is 368 g/mol. The number of aliphatic hydroxyl groups excluding tert-OH is 1. The van der Waals surface area contributed by atoms with Crippen LogP contribution in [0.3, 0.4) is 0 Å². The van der Waals surface area contributed by atoms with E-state index in [9.17, 15) is 14.3 Å². The largest absolute Gasteiger partial charge is 0.393 e. The molecular formula is C20H21FN4O2. The van der Waals surface area contributed by atoms with E-state index in [0.717, 1.165) is 5.56 Å². The Morgan fingerprint density at radius 1 is 1.37 bits per heavy atom. The first-order chi connectivity index (χ1) is 12.9. The highest BCUT2D eigenvalue weighted by Crippen LogP contribution is 2.38. The highest BCUT2D eigenvalue weighted by atomic mass is 19.1. The number of carbonyl (C=O) groups is 1. The van der Waals surface area contributed by atoms with Crippen LogP contribution >= 0.6 is 0 Å². The summed E-state index contributed by atoms with van der Waals surface area (Å²) in [5, 5.41) is 17.6. The maximum absolute atomic E-state index is 13.6. The number of aliphatic hydroxyl groups is 1. The van der Waals surface area contributed by atoms with E-state index in [1.54, 1.807) is 29.9 Å². The molecule has 1 atom stereocenters. The average Bonchev–Trinajstić information content (AvgIpc) is 3.02. The zero-order chi connectivity index (χ0) is 19.1. The number of aromatic nitrogens is 3. The molecule has 1 amide bonds. The molecule has 7 heteroatoms. The molecule has 1 aliphatic rings. The molecule has 3 aromatic rings. The van der Waals surface area contributed by atoms with Crippen LogP contribution in [0.15, 0.2) is 36.7 Å². The van der Waals surface area contributed by atoms with Gasteiger partial charge in [-0.2, -0.15) is 5.10 Å². The monoisotopic (exact) mass is 368 g/mol. The predicted molar refractivity (Wildman–Crippen MR) is 98.6 cm³/mol. The molecule has 0 aliphatic heterocycles. The van der Waals surface area contributed by atoms with Crippen molar-refractivity contribution in [1.82, 2.24) is 20.1 Å². The lowest BCUT2D eigenvalue weighted by atomic mass is 9.75. The van der Waals surface area contributed by atoms with Gasteiger partial charge in [-0.15, -0.1) is 0 Å². The second kappa shape index (κ2) is 6.74. The summed E-state index contributed by atoms with van der Waals surface area (Å²) in [6.07, 6.45) is 4.57. The Labute approximate surface area is 156 Å². The SMILES string of the molecule is Cc1cc(C(=O)N[C@H](c2cnn(C)c2)C2CC(O)C2)c2ccc(F)cc2n1. The minimum Gasteiger partial charge on any atom is -0.393 e. The summed E-state index contributed by atoms with van der Waals surface area (Å²) in [5.74, 6) is -0.476. The molecular weight excluding hydrogens is 347 g/mol. The molecule has 0 unspecified atom stereocenters. The summed E-state index contributed by atoms with van der Waals surface area (Å²) >= 11 is 0. The summed E-state index contributed by atoms with van der Waals surface area (Å²) in [6, 6.07) is 5.72. The number of pyridine rings is 1. The minimum atomic E-state index is -0.386. The first-order valence-electron chi connectivity index (χ1n) is 8.95. The topological polar surface area (TPSA) is 80.0 Å². The van der Waals surface area contributed by atoms with Gasteiger partial charge < -0.3 is 10.4 Å². The molecule has 1 aromatic carbocycles. The van der Waals surface area contributed by atoms with Crippen molar-refractivity contribution in [2.24, 2.45) is 13.0 Å². The number of carbonyl (C=O) groups excluding carboxylic acids is 1. The molecule has 27 heavy (non-hydrogen) atoms. The fourth-order valence-electron chi connectivity index (χ4n) is 3.72. The van der Waals surface area contributed by atoms with Crippen LogP contribution in [0.2, 0.25) is 0 Å². The highest BCUT2D eigenvalue weighted by Gasteiger charge is 2.36. The van der Waals surface area contributed by atoms with Gasteiger partial charge in [-0.25, -0.2) is 4.39 Å². The van der Waals surface area contributed by atoms with Gasteiger partial charge in [0.15, 0.2) is 0 Å². The summed E-state index contributed by atoms with van der Waals surface area (Å²) in [4.78, 5) is 17.4. The maximum atomic E-state index is 13.6. The number of nitrogens with one attached hydrogen (secondary N) is 1. The highest BCUT2D eigenvalue weighted by molar-refractivity contribution is 6.06. The molecule has 4 rings (SSSR count). The van der Waals surface area contributed by atoms with Crippen LogP contribution in [0, 0.1) is 18.7 Å². The van der Waals surface area contributed by atoms with Crippen LogP contribution in [0.1, 0.15) is 40.5 Å². The first kappa shape index (κ1) is 17.6. The number of benzene rings is 1. The lowest BCUT2D eigenvalue weighted by Crippen LogP contribution is -2.41. The smallest absolute Gasteiger partial charge is 0.252 e. The van der Waals surface area contributed by atoms with Gasteiger partial charge >= 0.3 is 0 Å².